The highest BCUT2D eigenvalue weighted by atomic mass is 19.4. The first kappa shape index (κ1) is 22.4. The predicted octanol–water partition coefficient (Wildman–Crippen LogP) is 4.15. The van der Waals surface area contributed by atoms with Crippen molar-refractivity contribution in [1.82, 2.24) is 10.2 Å². The Balaban J connectivity index is 1.48. The minimum absolute atomic E-state index is 0.0654. The molecule has 0 bridgehead atoms. The van der Waals surface area contributed by atoms with E-state index >= 15 is 0 Å². The van der Waals surface area contributed by atoms with E-state index in [0.29, 0.717) is 25.9 Å². The maximum absolute atomic E-state index is 12.5. The molecule has 0 atom stereocenters. The third-order valence-electron chi connectivity index (χ3n) is 5.05. The molecule has 1 aliphatic rings. The second kappa shape index (κ2) is 10.1. The number of carbonyl (C=O) groups is 2. The second-order valence-corrected chi connectivity index (χ2v) is 7.22. The van der Waals surface area contributed by atoms with Gasteiger partial charge < -0.3 is 15.0 Å². The van der Waals surface area contributed by atoms with E-state index in [-0.39, 0.29) is 35.6 Å². The number of hydrogen-bond acceptors (Lipinski definition) is 3. The molecule has 0 saturated carbocycles. The molecular weight excluding hydrogens is 409 g/mol. The summed E-state index contributed by atoms with van der Waals surface area (Å²) in [6, 6.07) is 15.2. The van der Waals surface area contributed by atoms with Crippen LogP contribution in [0.15, 0.2) is 60.7 Å². The van der Waals surface area contributed by atoms with Gasteiger partial charge in [0.25, 0.3) is 0 Å². The number of piperidine rings is 1. The zero-order valence-corrected chi connectivity index (χ0v) is 16.8. The topological polar surface area (TPSA) is 58.6 Å². The van der Waals surface area contributed by atoms with Crippen LogP contribution in [0.3, 0.4) is 0 Å². The highest BCUT2D eigenvalue weighted by molar-refractivity contribution is 5.92. The molecule has 3 rings (SSSR count). The van der Waals surface area contributed by atoms with Gasteiger partial charge in [0.1, 0.15) is 5.75 Å². The maximum Gasteiger partial charge on any atom is 0.573 e. The lowest BCUT2D eigenvalue weighted by molar-refractivity contribution is -0.274. The van der Waals surface area contributed by atoms with Crippen molar-refractivity contribution < 1.29 is 27.5 Å². The standard InChI is InChI=1S/C23H23F3N2O3/c24-23(25,26)31-20-9-5-4-8-19(20)16-27-22(30)18-12-14-28(15-13-18)21(29)11-10-17-6-2-1-3-7-17/h1-11,18H,12-16H2,(H,27,30). The normalized spacial score (nSPS) is 15.1. The Kier molecular flexibility index (Phi) is 7.33. The molecule has 5 nitrogen and oxygen atoms in total. The van der Waals surface area contributed by atoms with Crippen LogP contribution in [0, 0.1) is 5.92 Å². The predicted molar refractivity (Wildman–Crippen MR) is 110 cm³/mol. The van der Waals surface area contributed by atoms with Crippen LogP contribution in [0.4, 0.5) is 13.2 Å². The van der Waals surface area contributed by atoms with E-state index in [1.165, 1.54) is 24.3 Å². The average Bonchev–Trinajstić information content (AvgIpc) is 2.76. The monoisotopic (exact) mass is 432 g/mol. The molecule has 1 saturated heterocycles. The summed E-state index contributed by atoms with van der Waals surface area (Å²) >= 11 is 0. The third-order valence-corrected chi connectivity index (χ3v) is 5.05. The molecule has 0 aliphatic carbocycles. The van der Waals surface area contributed by atoms with Crippen molar-refractivity contribution in [3.8, 4) is 5.75 Å². The maximum atomic E-state index is 12.5. The number of halogens is 3. The minimum Gasteiger partial charge on any atom is -0.405 e. The summed E-state index contributed by atoms with van der Waals surface area (Å²) in [6.45, 7) is 0.831. The number of carbonyl (C=O) groups excluding carboxylic acids is 2. The van der Waals surface area contributed by atoms with Gasteiger partial charge in [-0.25, -0.2) is 0 Å². The SMILES string of the molecule is O=C(NCc1ccccc1OC(F)(F)F)C1CCN(C(=O)C=Cc2ccccc2)CC1. The van der Waals surface area contributed by atoms with Gasteiger partial charge in [-0.3, -0.25) is 9.59 Å². The number of likely N-dealkylation sites (tertiary alicyclic amines) is 1. The molecule has 0 radical (unpaired) electrons. The summed E-state index contributed by atoms with van der Waals surface area (Å²) in [7, 11) is 0. The highest BCUT2D eigenvalue weighted by Gasteiger charge is 2.32. The molecule has 2 amide bonds. The van der Waals surface area contributed by atoms with Crippen molar-refractivity contribution in [1.29, 1.82) is 0 Å². The van der Waals surface area contributed by atoms with Gasteiger partial charge in [-0.2, -0.15) is 0 Å². The summed E-state index contributed by atoms with van der Waals surface area (Å²) in [4.78, 5) is 26.5. The van der Waals surface area contributed by atoms with Gasteiger partial charge in [-0.05, 0) is 30.5 Å². The number of hydrogen-bond donors (Lipinski definition) is 1. The molecule has 8 heteroatoms. The van der Waals surface area contributed by atoms with E-state index in [0.717, 1.165) is 5.56 Å². The molecule has 0 aromatic heterocycles. The van der Waals surface area contributed by atoms with Gasteiger partial charge in [0, 0.05) is 37.2 Å². The van der Waals surface area contributed by atoms with Gasteiger partial charge in [0.15, 0.2) is 0 Å². The van der Waals surface area contributed by atoms with E-state index in [1.54, 1.807) is 17.0 Å². The van der Waals surface area contributed by atoms with Gasteiger partial charge in [0.2, 0.25) is 11.8 Å². The Hall–Kier alpha value is -3.29. The van der Waals surface area contributed by atoms with Crippen LogP contribution in [0.2, 0.25) is 0 Å². The summed E-state index contributed by atoms with van der Waals surface area (Å²) in [5, 5.41) is 2.68. The van der Waals surface area contributed by atoms with Crippen LogP contribution < -0.4 is 10.1 Å². The molecule has 164 valence electrons. The summed E-state index contributed by atoms with van der Waals surface area (Å²) < 4.78 is 41.6. The number of para-hydroxylation sites is 1. The largest absolute Gasteiger partial charge is 0.573 e. The molecule has 0 unspecified atom stereocenters. The van der Waals surface area contributed by atoms with Crippen molar-refractivity contribution in [2.24, 2.45) is 5.92 Å². The molecule has 2 aromatic carbocycles. The second-order valence-electron chi connectivity index (χ2n) is 7.22. The number of nitrogens with one attached hydrogen (secondary N) is 1. The fraction of sp³-hybridized carbons (Fsp3) is 0.304. The number of amides is 2. The third kappa shape index (κ3) is 6.87. The summed E-state index contributed by atoms with van der Waals surface area (Å²) in [6.07, 6.45) is -0.530. The Labute approximate surface area is 178 Å². The summed E-state index contributed by atoms with van der Waals surface area (Å²) in [5.74, 6) is -0.978. The Morgan fingerprint density at radius 1 is 1.03 bits per heavy atom. The Bertz CT molecular complexity index is 921. The number of ether oxygens (including phenoxy) is 1. The minimum atomic E-state index is -4.80. The van der Waals surface area contributed by atoms with Crippen molar-refractivity contribution in [2.45, 2.75) is 25.7 Å². The average molecular weight is 432 g/mol. The van der Waals surface area contributed by atoms with Crippen molar-refractivity contribution in [3.63, 3.8) is 0 Å². The van der Waals surface area contributed by atoms with E-state index in [2.05, 4.69) is 10.1 Å². The Morgan fingerprint density at radius 3 is 2.35 bits per heavy atom. The number of nitrogens with zero attached hydrogens (tertiary/aromatic N) is 1. The van der Waals surface area contributed by atoms with Crippen molar-refractivity contribution >= 4 is 17.9 Å². The van der Waals surface area contributed by atoms with Gasteiger partial charge in [0.05, 0.1) is 0 Å². The molecule has 1 heterocycles. The van der Waals surface area contributed by atoms with Crippen LogP contribution in [-0.4, -0.2) is 36.2 Å². The van der Waals surface area contributed by atoms with Crippen molar-refractivity contribution in [2.75, 3.05) is 13.1 Å². The van der Waals surface area contributed by atoms with E-state index in [1.807, 2.05) is 30.3 Å². The molecular formula is C23H23F3N2O3. The van der Waals surface area contributed by atoms with Crippen LogP contribution in [0.1, 0.15) is 24.0 Å². The lowest BCUT2D eigenvalue weighted by Crippen LogP contribution is -2.42. The van der Waals surface area contributed by atoms with Crippen LogP contribution in [-0.2, 0) is 16.1 Å². The first-order chi connectivity index (χ1) is 14.8. The molecule has 1 aliphatic heterocycles. The number of alkyl halides is 3. The lowest BCUT2D eigenvalue weighted by Gasteiger charge is -2.30. The zero-order valence-electron chi connectivity index (χ0n) is 16.8. The lowest BCUT2D eigenvalue weighted by atomic mass is 9.95. The van der Waals surface area contributed by atoms with Crippen LogP contribution in [0.5, 0.6) is 5.75 Å². The highest BCUT2D eigenvalue weighted by Crippen LogP contribution is 2.26. The van der Waals surface area contributed by atoms with Gasteiger partial charge >= 0.3 is 6.36 Å². The van der Waals surface area contributed by atoms with Crippen molar-refractivity contribution in [3.05, 3.63) is 71.8 Å². The van der Waals surface area contributed by atoms with Crippen LogP contribution >= 0.6 is 0 Å². The van der Waals surface area contributed by atoms with E-state index in [9.17, 15) is 22.8 Å². The molecule has 2 aromatic rings. The van der Waals surface area contributed by atoms with Crippen LogP contribution in [0.25, 0.3) is 6.08 Å². The summed E-state index contributed by atoms with van der Waals surface area (Å²) in [5.41, 5.74) is 1.17. The van der Waals surface area contributed by atoms with Gasteiger partial charge in [-0.15, -0.1) is 13.2 Å². The van der Waals surface area contributed by atoms with E-state index in [4.69, 9.17) is 0 Å². The fourth-order valence-electron chi connectivity index (χ4n) is 3.40. The first-order valence-corrected chi connectivity index (χ1v) is 9.95. The molecule has 31 heavy (non-hydrogen) atoms. The Morgan fingerprint density at radius 2 is 1.68 bits per heavy atom. The zero-order chi connectivity index (χ0) is 22.3. The molecule has 1 fully saturated rings. The van der Waals surface area contributed by atoms with E-state index < -0.39 is 6.36 Å². The molecule has 0 spiro atoms. The number of rotatable bonds is 6. The molecule has 1 N–H and O–H groups in total. The smallest absolute Gasteiger partial charge is 0.405 e. The fourth-order valence-corrected chi connectivity index (χ4v) is 3.40. The number of benzene rings is 2. The quantitative estimate of drug-likeness (QED) is 0.698. The van der Waals surface area contributed by atoms with Gasteiger partial charge in [-0.1, -0.05) is 48.5 Å². The first-order valence-electron chi connectivity index (χ1n) is 9.95.